The van der Waals surface area contributed by atoms with Gasteiger partial charge in [0.1, 0.15) is 5.01 Å². The highest BCUT2D eigenvalue weighted by Crippen LogP contribution is 2.19. The monoisotopic (exact) mass is 348 g/mol. The Labute approximate surface area is 145 Å². The Kier molecular flexibility index (Phi) is 5.92. The standard InChI is InChI=1S/C16H24N6OS/c1-2-3-4-7-14-19-20-16(24-14)18-15(23)13-8-10-22(21-13)12-6-5-9-17-11-12/h8,10,12,17H,2-7,9,11H2,1H3,(H,18,20,23). The number of carbonyl (C=O) groups excluding carboxylic acids is 1. The third-order valence-corrected chi connectivity index (χ3v) is 5.07. The lowest BCUT2D eigenvalue weighted by atomic mass is 10.1. The highest BCUT2D eigenvalue weighted by Gasteiger charge is 2.18. The first-order chi connectivity index (χ1) is 11.8. The van der Waals surface area contributed by atoms with Crippen LogP contribution in [0.3, 0.4) is 0 Å². The summed E-state index contributed by atoms with van der Waals surface area (Å²) in [5.41, 5.74) is 0.420. The van der Waals surface area contributed by atoms with Gasteiger partial charge in [-0.05, 0) is 31.9 Å². The Hall–Kier alpha value is -1.80. The molecule has 1 atom stereocenters. The van der Waals surface area contributed by atoms with E-state index in [0.717, 1.165) is 43.8 Å². The minimum Gasteiger partial charge on any atom is -0.315 e. The molecule has 3 heterocycles. The predicted molar refractivity (Wildman–Crippen MR) is 94.5 cm³/mol. The average Bonchev–Trinajstić information content (AvgIpc) is 3.26. The Morgan fingerprint density at radius 1 is 1.46 bits per heavy atom. The van der Waals surface area contributed by atoms with Gasteiger partial charge < -0.3 is 5.32 Å². The van der Waals surface area contributed by atoms with Crippen molar-refractivity contribution in [2.24, 2.45) is 0 Å². The maximum atomic E-state index is 12.3. The molecule has 1 aliphatic heterocycles. The fraction of sp³-hybridized carbons (Fsp3) is 0.625. The molecule has 0 saturated carbocycles. The van der Waals surface area contributed by atoms with Gasteiger partial charge in [-0.15, -0.1) is 10.2 Å². The molecule has 1 aliphatic rings. The summed E-state index contributed by atoms with van der Waals surface area (Å²) in [5, 5.41) is 20.3. The number of carbonyl (C=O) groups is 1. The van der Waals surface area contributed by atoms with E-state index in [2.05, 4.69) is 32.9 Å². The zero-order valence-electron chi connectivity index (χ0n) is 14.0. The van der Waals surface area contributed by atoms with E-state index in [1.165, 1.54) is 24.2 Å². The van der Waals surface area contributed by atoms with Crippen LogP contribution in [-0.2, 0) is 6.42 Å². The number of unbranched alkanes of at least 4 members (excludes halogenated alkanes) is 2. The Balaban J connectivity index is 1.56. The number of anilines is 1. The number of piperidine rings is 1. The van der Waals surface area contributed by atoms with Crippen LogP contribution in [0.25, 0.3) is 0 Å². The number of rotatable bonds is 7. The summed E-state index contributed by atoms with van der Waals surface area (Å²) >= 11 is 1.44. The first kappa shape index (κ1) is 17.0. The summed E-state index contributed by atoms with van der Waals surface area (Å²) in [6, 6.07) is 2.08. The number of nitrogens with one attached hydrogen (secondary N) is 2. The number of aryl methyl sites for hydroxylation is 1. The Bertz CT molecular complexity index is 661. The lowest BCUT2D eigenvalue weighted by Crippen LogP contribution is -2.32. The molecule has 0 spiro atoms. The first-order valence-corrected chi connectivity index (χ1v) is 9.47. The summed E-state index contributed by atoms with van der Waals surface area (Å²) in [7, 11) is 0. The van der Waals surface area contributed by atoms with Gasteiger partial charge >= 0.3 is 0 Å². The molecule has 1 amide bonds. The lowest BCUT2D eigenvalue weighted by Gasteiger charge is -2.22. The van der Waals surface area contributed by atoms with Crippen LogP contribution in [0.1, 0.15) is 60.6 Å². The second-order valence-electron chi connectivity index (χ2n) is 6.09. The minimum atomic E-state index is -0.228. The van der Waals surface area contributed by atoms with Crippen molar-refractivity contribution < 1.29 is 4.79 Å². The number of aromatic nitrogens is 4. The molecule has 1 fully saturated rings. The van der Waals surface area contributed by atoms with Crippen LogP contribution >= 0.6 is 11.3 Å². The van der Waals surface area contributed by atoms with Crippen LogP contribution in [0.2, 0.25) is 0 Å². The van der Waals surface area contributed by atoms with Crippen molar-refractivity contribution in [2.75, 3.05) is 18.4 Å². The molecular weight excluding hydrogens is 324 g/mol. The number of hydrogen-bond donors (Lipinski definition) is 2. The number of amides is 1. The van der Waals surface area contributed by atoms with Crippen molar-refractivity contribution in [1.82, 2.24) is 25.3 Å². The van der Waals surface area contributed by atoms with Crippen molar-refractivity contribution in [3.8, 4) is 0 Å². The van der Waals surface area contributed by atoms with Crippen molar-refractivity contribution in [3.63, 3.8) is 0 Å². The quantitative estimate of drug-likeness (QED) is 0.752. The third-order valence-electron chi connectivity index (χ3n) is 4.17. The topological polar surface area (TPSA) is 84.7 Å². The molecule has 0 aliphatic carbocycles. The molecular formula is C16H24N6OS. The van der Waals surface area contributed by atoms with Gasteiger partial charge in [0.2, 0.25) is 5.13 Å². The van der Waals surface area contributed by atoms with Crippen LogP contribution in [0.4, 0.5) is 5.13 Å². The van der Waals surface area contributed by atoms with Gasteiger partial charge in [-0.25, -0.2) is 0 Å². The van der Waals surface area contributed by atoms with Gasteiger partial charge in [0.25, 0.3) is 5.91 Å². The maximum Gasteiger partial charge on any atom is 0.277 e. The second kappa shape index (κ2) is 8.34. The smallest absolute Gasteiger partial charge is 0.277 e. The fourth-order valence-corrected chi connectivity index (χ4v) is 3.59. The van der Waals surface area contributed by atoms with E-state index in [9.17, 15) is 4.79 Å². The molecule has 24 heavy (non-hydrogen) atoms. The van der Waals surface area contributed by atoms with Crippen molar-refractivity contribution in [3.05, 3.63) is 23.0 Å². The highest BCUT2D eigenvalue weighted by molar-refractivity contribution is 7.15. The largest absolute Gasteiger partial charge is 0.315 e. The van der Waals surface area contributed by atoms with Gasteiger partial charge in [0.15, 0.2) is 5.69 Å². The molecule has 0 bridgehead atoms. The molecule has 2 N–H and O–H groups in total. The van der Waals surface area contributed by atoms with E-state index in [0.29, 0.717) is 16.9 Å². The summed E-state index contributed by atoms with van der Waals surface area (Å²) in [6.45, 7) is 4.14. The summed E-state index contributed by atoms with van der Waals surface area (Å²) in [6.07, 6.45) is 8.51. The highest BCUT2D eigenvalue weighted by atomic mass is 32.1. The Morgan fingerprint density at radius 2 is 2.38 bits per heavy atom. The maximum absolute atomic E-state index is 12.3. The van der Waals surface area contributed by atoms with E-state index in [1.807, 2.05) is 10.9 Å². The zero-order valence-corrected chi connectivity index (χ0v) is 14.8. The van der Waals surface area contributed by atoms with E-state index < -0.39 is 0 Å². The van der Waals surface area contributed by atoms with Gasteiger partial charge in [-0.1, -0.05) is 31.1 Å². The van der Waals surface area contributed by atoms with Gasteiger partial charge in [-0.2, -0.15) is 5.10 Å². The lowest BCUT2D eigenvalue weighted by molar-refractivity contribution is 0.102. The van der Waals surface area contributed by atoms with Crippen molar-refractivity contribution in [1.29, 1.82) is 0 Å². The molecule has 3 rings (SSSR count). The molecule has 130 valence electrons. The van der Waals surface area contributed by atoms with Gasteiger partial charge in [-0.3, -0.25) is 14.8 Å². The van der Waals surface area contributed by atoms with E-state index in [1.54, 1.807) is 6.07 Å². The van der Waals surface area contributed by atoms with E-state index in [4.69, 9.17) is 0 Å². The fourth-order valence-electron chi connectivity index (χ4n) is 2.81. The summed E-state index contributed by atoms with van der Waals surface area (Å²) in [4.78, 5) is 12.3. The normalized spacial score (nSPS) is 17.8. The number of nitrogens with zero attached hydrogens (tertiary/aromatic N) is 4. The van der Waals surface area contributed by atoms with Crippen LogP contribution in [0, 0.1) is 0 Å². The molecule has 2 aromatic heterocycles. The van der Waals surface area contributed by atoms with Gasteiger partial charge in [0.05, 0.1) is 6.04 Å². The molecule has 0 radical (unpaired) electrons. The molecule has 2 aromatic rings. The Morgan fingerprint density at radius 3 is 3.17 bits per heavy atom. The average molecular weight is 348 g/mol. The number of hydrogen-bond acceptors (Lipinski definition) is 6. The molecule has 0 aromatic carbocycles. The van der Waals surface area contributed by atoms with Crippen molar-refractivity contribution in [2.45, 2.75) is 51.5 Å². The summed E-state index contributed by atoms with van der Waals surface area (Å²) in [5.74, 6) is -0.228. The zero-order chi connectivity index (χ0) is 16.8. The van der Waals surface area contributed by atoms with Crippen LogP contribution in [0.15, 0.2) is 12.3 Å². The predicted octanol–water partition coefficient (Wildman–Crippen LogP) is 2.64. The molecule has 7 nitrogen and oxygen atoms in total. The molecule has 8 heteroatoms. The SMILES string of the molecule is CCCCCc1nnc(NC(=O)c2ccn(C3CCCNC3)n2)s1. The van der Waals surface area contributed by atoms with Gasteiger partial charge in [0, 0.05) is 19.2 Å². The van der Waals surface area contributed by atoms with Crippen molar-refractivity contribution >= 4 is 22.4 Å². The molecule has 1 saturated heterocycles. The summed E-state index contributed by atoms with van der Waals surface area (Å²) < 4.78 is 1.89. The van der Waals surface area contributed by atoms with E-state index >= 15 is 0 Å². The van der Waals surface area contributed by atoms with E-state index in [-0.39, 0.29) is 5.91 Å². The van der Waals surface area contributed by atoms with Crippen LogP contribution in [0.5, 0.6) is 0 Å². The second-order valence-corrected chi connectivity index (χ2v) is 7.16. The third kappa shape index (κ3) is 4.39. The van der Waals surface area contributed by atoms with Crippen LogP contribution in [-0.4, -0.2) is 39.0 Å². The first-order valence-electron chi connectivity index (χ1n) is 8.66. The minimum absolute atomic E-state index is 0.228. The van der Waals surface area contributed by atoms with Crippen LogP contribution < -0.4 is 10.6 Å². The molecule has 1 unspecified atom stereocenters.